The number of hydrogen-bond donors (Lipinski definition) is 1. The first-order chi connectivity index (χ1) is 7.58. The molecule has 1 atom stereocenters. The van der Waals surface area contributed by atoms with Crippen molar-refractivity contribution in [2.24, 2.45) is 5.73 Å². The maximum Gasteiger partial charge on any atom is 0.211 e. The summed E-state index contributed by atoms with van der Waals surface area (Å²) in [6.07, 6.45) is 1.65. The highest BCUT2D eigenvalue weighted by Gasteiger charge is 2.12. The van der Waals surface area contributed by atoms with Crippen LogP contribution in [0.15, 0.2) is 33.3 Å². The summed E-state index contributed by atoms with van der Waals surface area (Å²) in [6, 6.07) is 5.27. The lowest BCUT2D eigenvalue weighted by atomic mass is 10.2. The van der Waals surface area contributed by atoms with Gasteiger partial charge in [-0.05, 0) is 25.1 Å². The number of nitrogens with two attached hydrogens (primary N) is 1. The molecule has 5 heteroatoms. The molecule has 0 radical (unpaired) electrons. The molecule has 1 unspecified atom stereocenters. The molecule has 2 N–H and O–H groups in total. The molecule has 1 aromatic heterocycles. The Morgan fingerprint density at radius 1 is 1.50 bits per heavy atom. The molecule has 0 fully saturated rings. The molecule has 1 heterocycles. The topological polar surface area (TPSA) is 52.0 Å². The third-order valence-electron chi connectivity index (χ3n) is 2.11. The van der Waals surface area contributed by atoms with Crippen LogP contribution in [0.2, 0.25) is 5.02 Å². The van der Waals surface area contributed by atoms with Gasteiger partial charge in [-0.15, -0.1) is 0 Å². The van der Waals surface area contributed by atoms with Crippen molar-refractivity contribution >= 4 is 27.5 Å². The van der Waals surface area contributed by atoms with E-state index in [1.165, 1.54) is 0 Å². The molecule has 3 nitrogen and oxygen atoms in total. The fraction of sp³-hybridized carbons (Fsp3) is 0.182. The van der Waals surface area contributed by atoms with Gasteiger partial charge in [0.2, 0.25) is 5.89 Å². The van der Waals surface area contributed by atoms with E-state index in [9.17, 15) is 0 Å². The van der Waals surface area contributed by atoms with Crippen molar-refractivity contribution in [2.75, 3.05) is 0 Å². The van der Waals surface area contributed by atoms with Crippen molar-refractivity contribution < 1.29 is 4.42 Å². The van der Waals surface area contributed by atoms with Crippen molar-refractivity contribution in [1.82, 2.24) is 4.98 Å². The number of halogens is 2. The minimum atomic E-state index is -0.216. The van der Waals surface area contributed by atoms with Crippen LogP contribution < -0.4 is 5.73 Å². The second-order valence-corrected chi connectivity index (χ2v) is 4.77. The Bertz CT molecular complexity index is 510. The molecular formula is C11H10BrClN2O. The molecule has 0 amide bonds. The monoisotopic (exact) mass is 300 g/mol. The van der Waals surface area contributed by atoms with Gasteiger partial charge >= 0.3 is 0 Å². The molecule has 0 bridgehead atoms. The fourth-order valence-corrected chi connectivity index (χ4v) is 1.92. The smallest absolute Gasteiger partial charge is 0.211 e. The van der Waals surface area contributed by atoms with Crippen LogP contribution in [-0.2, 0) is 0 Å². The number of aromatic nitrogens is 1. The Hall–Kier alpha value is -0.840. The molecule has 0 aliphatic carbocycles. The van der Waals surface area contributed by atoms with E-state index in [0.717, 1.165) is 10.0 Å². The van der Waals surface area contributed by atoms with Gasteiger partial charge in [0.1, 0.15) is 0 Å². The van der Waals surface area contributed by atoms with Crippen LogP contribution in [0.25, 0.3) is 11.3 Å². The second-order valence-electron chi connectivity index (χ2n) is 3.48. The summed E-state index contributed by atoms with van der Waals surface area (Å²) in [6.45, 7) is 1.82. The zero-order valence-electron chi connectivity index (χ0n) is 8.58. The number of nitrogens with zero attached hydrogens (tertiary/aromatic N) is 1. The van der Waals surface area contributed by atoms with Crippen molar-refractivity contribution in [3.63, 3.8) is 0 Å². The SMILES string of the molecule is CC(N)c1ncc(-c2cc(Cl)ccc2Br)o1. The lowest BCUT2D eigenvalue weighted by Crippen LogP contribution is -2.04. The van der Waals surface area contributed by atoms with Gasteiger partial charge in [-0.2, -0.15) is 0 Å². The van der Waals surface area contributed by atoms with Gasteiger partial charge < -0.3 is 10.2 Å². The van der Waals surface area contributed by atoms with E-state index < -0.39 is 0 Å². The lowest BCUT2D eigenvalue weighted by molar-refractivity contribution is 0.473. The van der Waals surface area contributed by atoms with Crippen LogP contribution in [0, 0.1) is 0 Å². The highest BCUT2D eigenvalue weighted by Crippen LogP contribution is 2.31. The van der Waals surface area contributed by atoms with E-state index in [0.29, 0.717) is 16.7 Å². The minimum Gasteiger partial charge on any atom is -0.439 e. The molecule has 0 saturated heterocycles. The van der Waals surface area contributed by atoms with Gasteiger partial charge in [-0.3, -0.25) is 0 Å². The van der Waals surface area contributed by atoms with E-state index in [1.807, 2.05) is 19.1 Å². The zero-order chi connectivity index (χ0) is 11.7. The summed E-state index contributed by atoms with van der Waals surface area (Å²) in [5, 5.41) is 0.650. The molecule has 16 heavy (non-hydrogen) atoms. The molecule has 0 spiro atoms. The summed E-state index contributed by atoms with van der Waals surface area (Å²) in [5.41, 5.74) is 6.55. The van der Waals surface area contributed by atoms with Crippen molar-refractivity contribution in [3.05, 3.63) is 39.8 Å². The van der Waals surface area contributed by atoms with Gasteiger partial charge in [0.15, 0.2) is 5.76 Å². The summed E-state index contributed by atoms with van der Waals surface area (Å²) >= 11 is 9.36. The van der Waals surface area contributed by atoms with Crippen LogP contribution in [0.1, 0.15) is 18.9 Å². The van der Waals surface area contributed by atoms with Crippen LogP contribution in [-0.4, -0.2) is 4.98 Å². The molecule has 0 saturated carbocycles. The Morgan fingerprint density at radius 3 is 2.88 bits per heavy atom. The minimum absolute atomic E-state index is 0.216. The van der Waals surface area contributed by atoms with Crippen LogP contribution in [0.4, 0.5) is 0 Å². The van der Waals surface area contributed by atoms with E-state index in [-0.39, 0.29) is 6.04 Å². The van der Waals surface area contributed by atoms with Gasteiger partial charge in [0.05, 0.1) is 12.2 Å². The normalized spacial score (nSPS) is 12.8. The Kier molecular flexibility index (Phi) is 3.33. The van der Waals surface area contributed by atoms with Crippen LogP contribution >= 0.6 is 27.5 Å². The van der Waals surface area contributed by atoms with E-state index in [4.69, 9.17) is 21.8 Å². The molecule has 0 aliphatic rings. The average Bonchev–Trinajstić information content (AvgIpc) is 2.70. The largest absolute Gasteiger partial charge is 0.439 e. The predicted octanol–water partition coefficient (Wildman–Crippen LogP) is 3.78. The van der Waals surface area contributed by atoms with Gasteiger partial charge in [-0.25, -0.2) is 4.98 Å². The highest BCUT2D eigenvalue weighted by molar-refractivity contribution is 9.10. The maximum absolute atomic E-state index is 5.93. The maximum atomic E-state index is 5.93. The van der Waals surface area contributed by atoms with Crippen molar-refractivity contribution in [2.45, 2.75) is 13.0 Å². The first-order valence-corrected chi connectivity index (χ1v) is 5.92. The van der Waals surface area contributed by atoms with Gasteiger partial charge in [-0.1, -0.05) is 27.5 Å². The Morgan fingerprint density at radius 2 is 2.25 bits per heavy atom. The first-order valence-electron chi connectivity index (χ1n) is 4.74. The van der Waals surface area contributed by atoms with Gasteiger partial charge in [0.25, 0.3) is 0 Å². The molecule has 0 aliphatic heterocycles. The fourth-order valence-electron chi connectivity index (χ4n) is 1.31. The standard InChI is InChI=1S/C11H10BrClN2O/c1-6(14)11-15-5-10(16-11)8-4-7(13)2-3-9(8)12/h2-6H,14H2,1H3. The number of hydrogen-bond acceptors (Lipinski definition) is 3. The molecule has 2 aromatic rings. The van der Waals surface area contributed by atoms with Crippen LogP contribution in [0.3, 0.4) is 0 Å². The van der Waals surface area contributed by atoms with Gasteiger partial charge in [0, 0.05) is 15.1 Å². The second kappa shape index (κ2) is 4.57. The van der Waals surface area contributed by atoms with Crippen molar-refractivity contribution in [3.8, 4) is 11.3 Å². The molecule has 2 rings (SSSR count). The molecule has 1 aromatic carbocycles. The van der Waals surface area contributed by atoms with E-state index in [2.05, 4.69) is 20.9 Å². The van der Waals surface area contributed by atoms with E-state index in [1.54, 1.807) is 12.3 Å². The summed E-state index contributed by atoms with van der Waals surface area (Å²) in [7, 11) is 0. The Labute approximate surface area is 107 Å². The highest BCUT2D eigenvalue weighted by atomic mass is 79.9. The quantitative estimate of drug-likeness (QED) is 0.918. The number of oxazole rings is 1. The van der Waals surface area contributed by atoms with Crippen LogP contribution in [0.5, 0.6) is 0 Å². The zero-order valence-corrected chi connectivity index (χ0v) is 10.9. The third kappa shape index (κ3) is 2.29. The van der Waals surface area contributed by atoms with E-state index >= 15 is 0 Å². The van der Waals surface area contributed by atoms with Crippen molar-refractivity contribution in [1.29, 1.82) is 0 Å². The average molecular weight is 302 g/mol. The lowest BCUT2D eigenvalue weighted by Gasteiger charge is -2.01. The first kappa shape index (κ1) is 11.6. The third-order valence-corrected chi connectivity index (χ3v) is 3.03. The summed E-state index contributed by atoms with van der Waals surface area (Å²) in [5.74, 6) is 1.17. The summed E-state index contributed by atoms with van der Waals surface area (Å²) < 4.78 is 6.45. The molecule has 84 valence electrons. The Balaban J connectivity index is 2.46. The molecular weight excluding hydrogens is 291 g/mol. The predicted molar refractivity (Wildman–Crippen MR) is 67.3 cm³/mol. The summed E-state index contributed by atoms with van der Waals surface area (Å²) in [4.78, 5) is 4.11. The number of benzene rings is 1. The number of rotatable bonds is 2.